The lowest BCUT2D eigenvalue weighted by molar-refractivity contribution is -0.137. The Morgan fingerprint density at radius 1 is 0.966 bits per heavy atom. The van der Waals surface area contributed by atoms with Crippen LogP contribution in [0.4, 0.5) is 4.79 Å². The van der Waals surface area contributed by atoms with Gasteiger partial charge in [0.15, 0.2) is 0 Å². The van der Waals surface area contributed by atoms with Crippen LogP contribution in [-0.2, 0) is 14.3 Å². The van der Waals surface area contributed by atoms with E-state index in [4.69, 9.17) is 9.84 Å². The minimum absolute atomic E-state index is 0.0143. The van der Waals surface area contributed by atoms with Gasteiger partial charge in [0.25, 0.3) is 0 Å². The van der Waals surface area contributed by atoms with E-state index in [1.54, 1.807) is 0 Å². The number of nitrogens with one attached hydrogen (secondary N) is 2. The third-order valence-corrected chi connectivity index (χ3v) is 5.49. The molecule has 0 unspecified atom stereocenters. The van der Waals surface area contributed by atoms with E-state index in [0.717, 1.165) is 11.1 Å². The van der Waals surface area contributed by atoms with Gasteiger partial charge in [0, 0.05) is 18.2 Å². The van der Waals surface area contributed by atoms with E-state index in [2.05, 4.69) is 34.9 Å². The molecule has 0 spiro atoms. The summed E-state index contributed by atoms with van der Waals surface area (Å²) in [7, 11) is 0. The van der Waals surface area contributed by atoms with E-state index in [1.165, 1.54) is 22.9 Å². The molecule has 0 radical (unpaired) electrons. The topological polar surface area (TPSA) is 105 Å². The number of hydrogen-bond donors (Lipinski definition) is 3. The molecule has 7 nitrogen and oxygen atoms in total. The van der Waals surface area contributed by atoms with E-state index in [9.17, 15) is 14.4 Å². The summed E-state index contributed by atoms with van der Waals surface area (Å²) in [5.41, 5.74) is 4.67. The summed E-state index contributed by atoms with van der Waals surface area (Å²) in [5, 5.41) is 13.4. The zero-order chi connectivity index (χ0) is 20.6. The van der Waals surface area contributed by atoms with Gasteiger partial charge in [-0.1, -0.05) is 48.5 Å². The molecule has 29 heavy (non-hydrogen) atoms. The Kier molecular flexibility index (Phi) is 7.13. The fourth-order valence-corrected chi connectivity index (χ4v) is 3.94. The number of fused-ring (bicyclic) bond motifs is 3. The van der Waals surface area contributed by atoms with E-state index in [1.807, 2.05) is 24.3 Å². The van der Waals surface area contributed by atoms with Gasteiger partial charge in [-0.05, 0) is 22.3 Å². The Balaban J connectivity index is 1.40. The number of hydrogen-bond acceptors (Lipinski definition) is 5. The summed E-state index contributed by atoms with van der Waals surface area (Å²) < 4.78 is 5.43. The molecule has 0 saturated heterocycles. The van der Waals surface area contributed by atoms with Crippen LogP contribution < -0.4 is 10.6 Å². The van der Waals surface area contributed by atoms with Crippen molar-refractivity contribution in [1.29, 1.82) is 0 Å². The normalized spacial score (nSPS) is 12.0. The van der Waals surface area contributed by atoms with Gasteiger partial charge in [-0.3, -0.25) is 9.59 Å². The number of carbonyl (C=O) groups is 3. The lowest BCUT2D eigenvalue weighted by atomic mass is 9.98. The van der Waals surface area contributed by atoms with Gasteiger partial charge < -0.3 is 20.5 Å². The number of alkyl carbamates (subject to hydrolysis) is 1. The van der Waals surface area contributed by atoms with Gasteiger partial charge in [-0.25, -0.2) is 4.79 Å². The molecule has 1 aliphatic carbocycles. The summed E-state index contributed by atoms with van der Waals surface area (Å²) >= 11 is 1.30. The van der Waals surface area contributed by atoms with Crippen molar-refractivity contribution < 1.29 is 24.2 Å². The second-order valence-corrected chi connectivity index (χ2v) is 7.58. The van der Waals surface area contributed by atoms with Crippen molar-refractivity contribution in [1.82, 2.24) is 10.6 Å². The molecule has 0 aliphatic heterocycles. The maximum atomic E-state index is 12.0. The van der Waals surface area contributed by atoms with Crippen molar-refractivity contribution in [2.75, 3.05) is 31.2 Å². The third kappa shape index (κ3) is 5.51. The van der Waals surface area contributed by atoms with E-state index >= 15 is 0 Å². The van der Waals surface area contributed by atoms with Crippen LogP contribution >= 0.6 is 11.8 Å². The van der Waals surface area contributed by atoms with Crippen LogP contribution in [0.5, 0.6) is 0 Å². The van der Waals surface area contributed by atoms with Gasteiger partial charge >= 0.3 is 12.1 Å². The Bertz CT molecular complexity index is 857. The van der Waals surface area contributed by atoms with Gasteiger partial charge in [-0.15, -0.1) is 0 Å². The van der Waals surface area contributed by atoms with Crippen LogP contribution in [0.3, 0.4) is 0 Å². The summed E-state index contributed by atoms with van der Waals surface area (Å²) in [4.78, 5) is 33.8. The lowest BCUT2D eigenvalue weighted by Crippen LogP contribution is -2.31. The number of rotatable bonds is 9. The number of aliphatic carboxylic acids is 1. The van der Waals surface area contributed by atoms with Crippen LogP contribution in [0, 0.1) is 0 Å². The molecular formula is C21H22N2O5S. The monoisotopic (exact) mass is 414 g/mol. The predicted octanol–water partition coefficient (Wildman–Crippen LogP) is 2.46. The molecule has 8 heteroatoms. The predicted molar refractivity (Wildman–Crippen MR) is 111 cm³/mol. The standard InChI is InChI=1S/C21H22N2O5S/c24-19(23-11-20(25)26)13-29-10-9-22-21(27)28-12-18-16-7-3-1-5-14(16)15-6-2-4-8-17(15)18/h1-8,18H,9-13H2,(H,22,27)(H,23,24)(H,25,26). The number of thioether (sulfide) groups is 1. The molecule has 0 saturated carbocycles. The second kappa shape index (κ2) is 9.97. The first-order valence-electron chi connectivity index (χ1n) is 9.21. The molecule has 3 rings (SSSR count). The van der Waals surface area contributed by atoms with Crippen molar-refractivity contribution in [2.24, 2.45) is 0 Å². The zero-order valence-corrected chi connectivity index (χ0v) is 16.5. The Morgan fingerprint density at radius 3 is 2.21 bits per heavy atom. The van der Waals surface area contributed by atoms with Gasteiger partial charge in [0.05, 0.1) is 5.75 Å². The molecule has 2 aromatic carbocycles. The maximum Gasteiger partial charge on any atom is 0.407 e. The maximum absolute atomic E-state index is 12.0. The number of benzene rings is 2. The first-order valence-corrected chi connectivity index (χ1v) is 10.4. The smallest absolute Gasteiger partial charge is 0.407 e. The minimum Gasteiger partial charge on any atom is -0.480 e. The molecule has 2 aromatic rings. The molecule has 3 N–H and O–H groups in total. The number of ether oxygens (including phenoxy) is 1. The van der Waals surface area contributed by atoms with Crippen LogP contribution in [0.15, 0.2) is 48.5 Å². The lowest BCUT2D eigenvalue weighted by Gasteiger charge is -2.14. The van der Waals surface area contributed by atoms with Crippen molar-refractivity contribution in [3.05, 3.63) is 59.7 Å². The van der Waals surface area contributed by atoms with E-state index < -0.39 is 18.6 Å². The molecule has 1 aliphatic rings. The van der Waals surface area contributed by atoms with Crippen molar-refractivity contribution in [2.45, 2.75) is 5.92 Å². The molecule has 0 fully saturated rings. The number of carbonyl (C=O) groups excluding carboxylic acids is 2. The fourth-order valence-electron chi connectivity index (χ4n) is 3.26. The molecule has 2 amide bonds. The summed E-state index contributed by atoms with van der Waals surface area (Å²) in [5.74, 6) is -0.760. The number of carboxylic acid groups (broad SMARTS) is 1. The van der Waals surface area contributed by atoms with Crippen molar-refractivity contribution in [3.63, 3.8) is 0 Å². The molecule has 0 heterocycles. The summed E-state index contributed by atoms with van der Waals surface area (Å²) in [6, 6.07) is 16.3. The van der Waals surface area contributed by atoms with E-state index in [-0.39, 0.29) is 24.2 Å². The van der Waals surface area contributed by atoms with Crippen LogP contribution in [0.2, 0.25) is 0 Å². The third-order valence-electron chi connectivity index (χ3n) is 4.53. The van der Waals surface area contributed by atoms with Crippen LogP contribution in [0.25, 0.3) is 11.1 Å². The highest BCUT2D eigenvalue weighted by Crippen LogP contribution is 2.44. The summed E-state index contributed by atoms with van der Waals surface area (Å²) in [6.07, 6.45) is -0.497. The first kappa shape index (κ1) is 20.7. The highest BCUT2D eigenvalue weighted by molar-refractivity contribution is 7.99. The average molecular weight is 414 g/mol. The second-order valence-electron chi connectivity index (χ2n) is 6.48. The quantitative estimate of drug-likeness (QED) is 0.545. The molecule has 0 bridgehead atoms. The minimum atomic E-state index is -1.08. The Morgan fingerprint density at radius 2 is 1.59 bits per heavy atom. The Hall–Kier alpha value is -3.00. The average Bonchev–Trinajstić information content (AvgIpc) is 3.04. The zero-order valence-electron chi connectivity index (χ0n) is 15.7. The van der Waals surface area contributed by atoms with Crippen LogP contribution in [0.1, 0.15) is 17.0 Å². The molecule has 0 atom stereocenters. The molecule has 152 valence electrons. The molecular weight excluding hydrogens is 392 g/mol. The summed E-state index contributed by atoms with van der Waals surface area (Å²) in [6.45, 7) is 0.218. The van der Waals surface area contributed by atoms with Crippen molar-refractivity contribution in [3.8, 4) is 11.1 Å². The fraction of sp³-hybridized carbons (Fsp3) is 0.286. The highest BCUT2D eigenvalue weighted by atomic mass is 32.2. The van der Waals surface area contributed by atoms with Crippen molar-refractivity contribution >= 4 is 29.7 Å². The SMILES string of the molecule is O=C(O)CNC(=O)CSCCNC(=O)OCC1c2ccccc2-c2ccccc21. The number of amides is 2. The van der Waals surface area contributed by atoms with E-state index in [0.29, 0.717) is 12.3 Å². The first-order chi connectivity index (χ1) is 14.1. The van der Waals surface area contributed by atoms with Gasteiger partial charge in [-0.2, -0.15) is 11.8 Å². The highest BCUT2D eigenvalue weighted by Gasteiger charge is 2.28. The number of carboxylic acids is 1. The van der Waals surface area contributed by atoms with Gasteiger partial charge in [0.2, 0.25) is 5.91 Å². The Labute approximate surface area is 172 Å². The largest absolute Gasteiger partial charge is 0.480 e. The van der Waals surface area contributed by atoms with Crippen LogP contribution in [-0.4, -0.2) is 54.3 Å². The van der Waals surface area contributed by atoms with Gasteiger partial charge in [0.1, 0.15) is 13.2 Å². The molecule has 0 aromatic heterocycles.